The quantitative estimate of drug-likeness (QED) is 0.561. The second-order valence-corrected chi connectivity index (χ2v) is 8.17. The maximum absolute atomic E-state index is 13.8. The van der Waals surface area contributed by atoms with E-state index in [4.69, 9.17) is 4.74 Å². The van der Waals surface area contributed by atoms with Crippen LogP contribution in [0, 0.1) is 0 Å². The zero-order valence-electron chi connectivity index (χ0n) is 18.7. The van der Waals surface area contributed by atoms with Crippen LogP contribution in [0.25, 0.3) is 0 Å². The predicted molar refractivity (Wildman–Crippen MR) is 128 cm³/mol. The number of nitrogens with zero attached hydrogens (tertiary/aromatic N) is 2. The molecular formula is C25H31BN2O4. The van der Waals surface area contributed by atoms with Gasteiger partial charge in [0.1, 0.15) is 5.75 Å². The standard InChI is InChI=1S/C25H31BN2O4/c1-27(2)17-18-28(19-20-9-5-3-6-10-20)25(29)24(21-11-7-4-8-12-21)32-23-15-13-22(14-16-23)26(30)31/h4-5,7-16,24,30-31H,3,6,17-19H2,1-2H3. The molecule has 0 aromatic heterocycles. The molecule has 0 spiro atoms. The summed E-state index contributed by atoms with van der Waals surface area (Å²) in [4.78, 5) is 17.7. The molecule has 0 aliphatic heterocycles. The Morgan fingerprint density at radius 1 is 1.03 bits per heavy atom. The van der Waals surface area contributed by atoms with E-state index in [1.165, 1.54) is 0 Å². The normalized spacial score (nSPS) is 14.1. The first-order chi connectivity index (χ1) is 15.4. The van der Waals surface area contributed by atoms with Crippen LogP contribution in [0.3, 0.4) is 0 Å². The summed E-state index contributed by atoms with van der Waals surface area (Å²) in [5.74, 6) is 0.380. The third-order valence-corrected chi connectivity index (χ3v) is 5.33. The molecule has 0 radical (unpaired) electrons. The molecule has 168 valence electrons. The number of carbonyl (C=O) groups excluding carboxylic acids is 1. The first kappa shape index (κ1) is 23.8. The Morgan fingerprint density at radius 2 is 1.75 bits per heavy atom. The van der Waals surface area contributed by atoms with E-state index in [0.717, 1.165) is 30.5 Å². The zero-order chi connectivity index (χ0) is 22.9. The fraction of sp³-hybridized carbons (Fsp3) is 0.320. The van der Waals surface area contributed by atoms with Crippen molar-refractivity contribution in [3.05, 3.63) is 84.0 Å². The van der Waals surface area contributed by atoms with Gasteiger partial charge in [-0.05, 0) is 50.1 Å². The number of rotatable bonds is 10. The third-order valence-electron chi connectivity index (χ3n) is 5.33. The Balaban J connectivity index is 1.86. The van der Waals surface area contributed by atoms with Crippen LogP contribution in [0.15, 0.2) is 78.4 Å². The Labute approximate surface area is 190 Å². The summed E-state index contributed by atoms with van der Waals surface area (Å²) in [6, 6.07) is 15.9. The minimum Gasteiger partial charge on any atom is -0.476 e. The first-order valence-corrected chi connectivity index (χ1v) is 10.9. The molecule has 1 aliphatic rings. The molecule has 7 heteroatoms. The number of hydrogen-bond donors (Lipinski definition) is 2. The van der Waals surface area contributed by atoms with Crippen LogP contribution in [0.2, 0.25) is 0 Å². The van der Waals surface area contributed by atoms with Gasteiger partial charge in [0.25, 0.3) is 5.91 Å². The summed E-state index contributed by atoms with van der Waals surface area (Å²) in [6.07, 6.45) is 7.64. The fourth-order valence-corrected chi connectivity index (χ4v) is 3.50. The smallest absolute Gasteiger partial charge is 0.476 e. The highest BCUT2D eigenvalue weighted by atomic mass is 16.5. The third kappa shape index (κ3) is 6.82. The number of likely N-dealkylation sites (N-methyl/N-ethyl adjacent to an activating group) is 1. The van der Waals surface area contributed by atoms with Crippen molar-refractivity contribution in [2.45, 2.75) is 18.9 Å². The highest BCUT2D eigenvalue weighted by molar-refractivity contribution is 6.58. The van der Waals surface area contributed by atoms with Gasteiger partial charge in [0.2, 0.25) is 6.10 Å². The molecule has 6 nitrogen and oxygen atoms in total. The number of hydrogen-bond acceptors (Lipinski definition) is 5. The van der Waals surface area contributed by atoms with Gasteiger partial charge in [0.15, 0.2) is 0 Å². The van der Waals surface area contributed by atoms with Crippen molar-refractivity contribution in [1.29, 1.82) is 0 Å². The van der Waals surface area contributed by atoms with Crippen LogP contribution in [-0.2, 0) is 4.79 Å². The molecule has 1 atom stereocenters. The van der Waals surface area contributed by atoms with E-state index in [1.54, 1.807) is 24.3 Å². The highest BCUT2D eigenvalue weighted by Crippen LogP contribution is 2.25. The molecule has 3 rings (SSSR count). The van der Waals surface area contributed by atoms with Crippen molar-refractivity contribution in [3.63, 3.8) is 0 Å². The SMILES string of the molecule is CN(C)CCN(CC1=CCCC=C1)C(=O)C(Oc1ccc(B(O)O)cc1)c1ccccc1. The average Bonchev–Trinajstić information content (AvgIpc) is 2.81. The van der Waals surface area contributed by atoms with Crippen molar-refractivity contribution in [3.8, 4) is 5.75 Å². The van der Waals surface area contributed by atoms with Crippen LogP contribution in [0.4, 0.5) is 0 Å². The molecule has 2 aromatic rings. The number of ether oxygens (including phenoxy) is 1. The molecule has 0 heterocycles. The molecule has 0 saturated heterocycles. The Bertz CT molecular complexity index is 927. The summed E-state index contributed by atoms with van der Waals surface area (Å²) >= 11 is 0. The number of amides is 1. The van der Waals surface area contributed by atoms with Gasteiger partial charge in [-0.3, -0.25) is 4.79 Å². The van der Waals surface area contributed by atoms with E-state index in [2.05, 4.69) is 23.1 Å². The summed E-state index contributed by atoms with van der Waals surface area (Å²) in [7, 11) is 2.43. The molecule has 2 N–H and O–H groups in total. The molecule has 2 aromatic carbocycles. The van der Waals surface area contributed by atoms with E-state index in [1.807, 2.05) is 49.3 Å². The number of carbonyl (C=O) groups is 1. The lowest BCUT2D eigenvalue weighted by molar-refractivity contribution is -0.138. The number of allylic oxidation sites excluding steroid dienone is 2. The van der Waals surface area contributed by atoms with Crippen molar-refractivity contribution in [1.82, 2.24) is 9.80 Å². The minimum absolute atomic E-state index is 0.107. The molecule has 32 heavy (non-hydrogen) atoms. The molecule has 0 fully saturated rings. The largest absolute Gasteiger partial charge is 0.488 e. The van der Waals surface area contributed by atoms with Crippen molar-refractivity contribution < 1.29 is 19.6 Å². The van der Waals surface area contributed by atoms with E-state index in [-0.39, 0.29) is 5.91 Å². The van der Waals surface area contributed by atoms with E-state index in [0.29, 0.717) is 24.3 Å². The predicted octanol–water partition coefficient (Wildman–Crippen LogP) is 2.15. The lowest BCUT2D eigenvalue weighted by Gasteiger charge is -2.30. The van der Waals surface area contributed by atoms with Crippen molar-refractivity contribution in [2.75, 3.05) is 33.7 Å². The number of benzene rings is 2. The summed E-state index contributed by atoms with van der Waals surface area (Å²) in [6.45, 7) is 1.86. The first-order valence-electron chi connectivity index (χ1n) is 10.9. The van der Waals surface area contributed by atoms with Gasteiger partial charge in [-0.25, -0.2) is 0 Å². The maximum Gasteiger partial charge on any atom is 0.488 e. The Hall–Kier alpha value is -2.87. The van der Waals surface area contributed by atoms with E-state index >= 15 is 0 Å². The van der Waals surface area contributed by atoms with Gasteiger partial charge in [-0.1, -0.05) is 60.7 Å². The molecule has 1 unspecified atom stereocenters. The average molecular weight is 434 g/mol. The topological polar surface area (TPSA) is 73.2 Å². The molecule has 1 aliphatic carbocycles. The fourth-order valence-electron chi connectivity index (χ4n) is 3.50. The zero-order valence-corrected chi connectivity index (χ0v) is 18.7. The summed E-state index contributed by atoms with van der Waals surface area (Å²) < 4.78 is 6.17. The molecule has 1 amide bonds. The second kappa shape index (κ2) is 11.7. The van der Waals surface area contributed by atoms with Crippen molar-refractivity contribution >= 4 is 18.5 Å². The highest BCUT2D eigenvalue weighted by Gasteiger charge is 2.28. The van der Waals surface area contributed by atoms with Gasteiger partial charge in [0.05, 0.1) is 0 Å². The van der Waals surface area contributed by atoms with Gasteiger partial charge in [-0.15, -0.1) is 0 Å². The monoisotopic (exact) mass is 434 g/mol. The summed E-state index contributed by atoms with van der Waals surface area (Å²) in [5, 5.41) is 18.7. The van der Waals surface area contributed by atoms with E-state index in [9.17, 15) is 14.8 Å². The molecular weight excluding hydrogens is 403 g/mol. The van der Waals surface area contributed by atoms with Gasteiger partial charge < -0.3 is 24.6 Å². The van der Waals surface area contributed by atoms with Crippen LogP contribution in [0.5, 0.6) is 5.75 Å². The van der Waals surface area contributed by atoms with Crippen molar-refractivity contribution in [2.24, 2.45) is 0 Å². The van der Waals surface area contributed by atoms with Crippen LogP contribution < -0.4 is 10.2 Å². The lowest BCUT2D eigenvalue weighted by atomic mass is 9.80. The minimum atomic E-state index is -1.55. The van der Waals surface area contributed by atoms with Crippen LogP contribution >= 0.6 is 0 Å². The van der Waals surface area contributed by atoms with Gasteiger partial charge in [0, 0.05) is 25.2 Å². The second-order valence-electron chi connectivity index (χ2n) is 8.17. The van der Waals surface area contributed by atoms with Crippen LogP contribution in [-0.4, -0.2) is 66.6 Å². The van der Waals surface area contributed by atoms with E-state index < -0.39 is 13.2 Å². The van der Waals surface area contributed by atoms with Crippen LogP contribution in [0.1, 0.15) is 24.5 Å². The molecule has 0 bridgehead atoms. The van der Waals surface area contributed by atoms with Gasteiger partial charge >= 0.3 is 7.12 Å². The lowest BCUT2D eigenvalue weighted by Crippen LogP contribution is -2.42. The molecule has 0 saturated carbocycles. The maximum atomic E-state index is 13.8. The Morgan fingerprint density at radius 3 is 2.34 bits per heavy atom. The van der Waals surface area contributed by atoms with Gasteiger partial charge in [-0.2, -0.15) is 0 Å². The summed E-state index contributed by atoms with van der Waals surface area (Å²) in [5.41, 5.74) is 2.27. The Kier molecular flexibility index (Phi) is 8.68.